The lowest BCUT2D eigenvalue weighted by atomic mass is 10.2. The topological polar surface area (TPSA) is 63.1 Å². The number of rotatable bonds is 3. The van der Waals surface area contributed by atoms with Crippen LogP contribution in [0.5, 0.6) is 0 Å². The number of pyridine rings is 1. The summed E-state index contributed by atoms with van der Waals surface area (Å²) in [6.07, 6.45) is 3.86. The predicted octanol–water partition coefficient (Wildman–Crippen LogP) is -0.133. The predicted molar refractivity (Wildman–Crippen MR) is 65.0 cm³/mol. The lowest BCUT2D eigenvalue weighted by Crippen LogP contribution is -2.37. The Labute approximate surface area is 99.8 Å². The van der Waals surface area contributed by atoms with Crippen molar-refractivity contribution in [3.63, 3.8) is 0 Å². The van der Waals surface area contributed by atoms with Crippen molar-refractivity contribution >= 4 is 5.91 Å². The monoisotopic (exact) mass is 235 g/mol. The van der Waals surface area contributed by atoms with E-state index in [2.05, 4.69) is 10.6 Å². The van der Waals surface area contributed by atoms with Gasteiger partial charge in [0.1, 0.15) is 0 Å². The van der Waals surface area contributed by atoms with Gasteiger partial charge in [-0.3, -0.25) is 9.59 Å². The standard InChI is InChI=1S/C12H17N3O2/c1-15-6-4-9(7-11(15)16)12(17)14-8-10-3-2-5-13-10/h4,6-7,10,13H,2-3,5,8H2,1H3,(H,14,17). The van der Waals surface area contributed by atoms with Crippen molar-refractivity contribution in [2.24, 2.45) is 7.05 Å². The summed E-state index contributed by atoms with van der Waals surface area (Å²) in [6.45, 7) is 1.64. The van der Waals surface area contributed by atoms with Crippen LogP contribution in [0.1, 0.15) is 23.2 Å². The van der Waals surface area contributed by atoms with E-state index in [0.29, 0.717) is 18.2 Å². The summed E-state index contributed by atoms with van der Waals surface area (Å²) in [5.74, 6) is -0.184. The first-order valence-corrected chi connectivity index (χ1v) is 5.85. The molecule has 0 aromatic carbocycles. The fraction of sp³-hybridized carbons (Fsp3) is 0.500. The molecule has 5 nitrogen and oxygen atoms in total. The van der Waals surface area contributed by atoms with Crippen molar-refractivity contribution in [2.45, 2.75) is 18.9 Å². The third-order valence-corrected chi connectivity index (χ3v) is 3.04. The number of nitrogens with one attached hydrogen (secondary N) is 2. The average molecular weight is 235 g/mol. The number of amides is 1. The van der Waals surface area contributed by atoms with Crippen molar-refractivity contribution in [1.82, 2.24) is 15.2 Å². The van der Waals surface area contributed by atoms with Crippen LogP contribution in [0, 0.1) is 0 Å². The summed E-state index contributed by atoms with van der Waals surface area (Å²) in [6, 6.07) is 3.38. The van der Waals surface area contributed by atoms with Crippen LogP contribution in [0.2, 0.25) is 0 Å². The number of aromatic nitrogens is 1. The van der Waals surface area contributed by atoms with E-state index in [9.17, 15) is 9.59 Å². The summed E-state index contributed by atoms with van der Waals surface area (Å²) in [7, 11) is 1.66. The molecule has 0 radical (unpaired) electrons. The maximum absolute atomic E-state index is 11.8. The molecule has 1 aromatic heterocycles. The van der Waals surface area contributed by atoms with Gasteiger partial charge in [0, 0.05) is 37.5 Å². The molecule has 0 saturated carbocycles. The highest BCUT2D eigenvalue weighted by molar-refractivity contribution is 5.93. The van der Waals surface area contributed by atoms with E-state index >= 15 is 0 Å². The second-order valence-electron chi connectivity index (χ2n) is 4.37. The summed E-state index contributed by atoms with van der Waals surface area (Å²) in [5, 5.41) is 6.14. The highest BCUT2D eigenvalue weighted by atomic mass is 16.2. The molecule has 92 valence electrons. The van der Waals surface area contributed by atoms with Gasteiger partial charge < -0.3 is 15.2 Å². The zero-order chi connectivity index (χ0) is 12.3. The van der Waals surface area contributed by atoms with E-state index < -0.39 is 0 Å². The average Bonchev–Trinajstić information content (AvgIpc) is 2.82. The number of hydrogen-bond donors (Lipinski definition) is 2. The first-order valence-electron chi connectivity index (χ1n) is 5.85. The van der Waals surface area contributed by atoms with Crippen LogP contribution in [0.4, 0.5) is 0 Å². The molecule has 1 unspecified atom stereocenters. The lowest BCUT2D eigenvalue weighted by molar-refractivity contribution is 0.0950. The largest absolute Gasteiger partial charge is 0.350 e. The van der Waals surface area contributed by atoms with E-state index in [-0.39, 0.29) is 11.5 Å². The molecule has 17 heavy (non-hydrogen) atoms. The van der Waals surface area contributed by atoms with Crippen molar-refractivity contribution in [3.8, 4) is 0 Å². The third kappa shape index (κ3) is 2.94. The Kier molecular flexibility index (Phi) is 3.58. The molecule has 1 aromatic rings. The molecular weight excluding hydrogens is 218 g/mol. The molecule has 2 N–H and O–H groups in total. The Morgan fingerprint density at radius 3 is 3.12 bits per heavy atom. The molecule has 1 fully saturated rings. The Bertz CT molecular complexity index is 461. The Morgan fingerprint density at radius 1 is 1.65 bits per heavy atom. The summed E-state index contributed by atoms with van der Waals surface area (Å²) >= 11 is 0. The fourth-order valence-corrected chi connectivity index (χ4v) is 1.94. The molecule has 2 rings (SSSR count). The maximum atomic E-state index is 11.8. The number of hydrogen-bond acceptors (Lipinski definition) is 3. The Morgan fingerprint density at radius 2 is 2.47 bits per heavy atom. The minimum atomic E-state index is -0.184. The molecule has 1 saturated heterocycles. The van der Waals surface area contributed by atoms with Gasteiger partial charge in [-0.2, -0.15) is 0 Å². The van der Waals surface area contributed by atoms with Crippen LogP contribution in [0.15, 0.2) is 23.1 Å². The molecule has 1 amide bonds. The molecule has 1 aliphatic heterocycles. The molecule has 0 bridgehead atoms. The van der Waals surface area contributed by atoms with Crippen LogP contribution in [0.25, 0.3) is 0 Å². The van der Waals surface area contributed by atoms with E-state index in [0.717, 1.165) is 19.4 Å². The molecule has 5 heteroatoms. The first-order chi connectivity index (χ1) is 8.16. The van der Waals surface area contributed by atoms with Gasteiger partial charge in [0.15, 0.2) is 0 Å². The van der Waals surface area contributed by atoms with Crippen LogP contribution in [-0.4, -0.2) is 29.6 Å². The Hall–Kier alpha value is -1.62. The van der Waals surface area contributed by atoms with Gasteiger partial charge in [0.25, 0.3) is 11.5 Å². The van der Waals surface area contributed by atoms with E-state index in [1.807, 2.05) is 0 Å². The number of carbonyl (C=O) groups excluding carboxylic acids is 1. The Balaban J connectivity index is 1.94. The summed E-state index contributed by atoms with van der Waals surface area (Å²) < 4.78 is 1.44. The van der Waals surface area contributed by atoms with E-state index in [1.54, 1.807) is 19.3 Å². The minimum absolute atomic E-state index is 0.170. The lowest BCUT2D eigenvalue weighted by Gasteiger charge is -2.11. The molecule has 2 heterocycles. The zero-order valence-corrected chi connectivity index (χ0v) is 9.90. The highest BCUT2D eigenvalue weighted by Crippen LogP contribution is 2.03. The zero-order valence-electron chi connectivity index (χ0n) is 9.90. The number of nitrogens with zero attached hydrogens (tertiary/aromatic N) is 1. The van der Waals surface area contributed by atoms with Crippen LogP contribution < -0.4 is 16.2 Å². The second-order valence-corrected chi connectivity index (χ2v) is 4.37. The van der Waals surface area contributed by atoms with E-state index in [1.165, 1.54) is 10.6 Å². The van der Waals surface area contributed by atoms with Crippen LogP contribution in [0.3, 0.4) is 0 Å². The van der Waals surface area contributed by atoms with Gasteiger partial charge in [-0.05, 0) is 25.5 Å². The summed E-state index contributed by atoms with van der Waals surface area (Å²) in [5.41, 5.74) is 0.253. The van der Waals surface area contributed by atoms with Gasteiger partial charge in [-0.25, -0.2) is 0 Å². The van der Waals surface area contributed by atoms with Gasteiger partial charge >= 0.3 is 0 Å². The van der Waals surface area contributed by atoms with Gasteiger partial charge in [-0.1, -0.05) is 0 Å². The molecular formula is C12H17N3O2. The second kappa shape index (κ2) is 5.14. The van der Waals surface area contributed by atoms with Gasteiger partial charge in [0.2, 0.25) is 0 Å². The SMILES string of the molecule is Cn1ccc(C(=O)NCC2CCCN2)cc1=O. The molecule has 1 atom stereocenters. The molecule has 0 aliphatic carbocycles. The van der Waals surface area contributed by atoms with Crippen molar-refractivity contribution in [1.29, 1.82) is 0 Å². The van der Waals surface area contributed by atoms with E-state index in [4.69, 9.17) is 0 Å². The normalized spacial score (nSPS) is 19.2. The maximum Gasteiger partial charge on any atom is 0.251 e. The fourth-order valence-electron chi connectivity index (χ4n) is 1.94. The van der Waals surface area contributed by atoms with Crippen molar-refractivity contribution < 1.29 is 4.79 Å². The summed E-state index contributed by atoms with van der Waals surface area (Å²) in [4.78, 5) is 23.2. The van der Waals surface area contributed by atoms with Crippen LogP contribution >= 0.6 is 0 Å². The minimum Gasteiger partial charge on any atom is -0.350 e. The van der Waals surface area contributed by atoms with Gasteiger partial charge in [0.05, 0.1) is 0 Å². The third-order valence-electron chi connectivity index (χ3n) is 3.04. The number of aryl methyl sites for hydroxylation is 1. The van der Waals surface area contributed by atoms with Crippen molar-refractivity contribution in [3.05, 3.63) is 34.2 Å². The molecule has 1 aliphatic rings. The van der Waals surface area contributed by atoms with Gasteiger partial charge in [-0.15, -0.1) is 0 Å². The number of carbonyl (C=O) groups is 1. The molecule has 0 spiro atoms. The van der Waals surface area contributed by atoms with Crippen LogP contribution in [-0.2, 0) is 7.05 Å². The highest BCUT2D eigenvalue weighted by Gasteiger charge is 2.15. The first kappa shape index (κ1) is 11.9. The quantitative estimate of drug-likeness (QED) is 0.767. The smallest absolute Gasteiger partial charge is 0.251 e. The van der Waals surface area contributed by atoms with Crippen molar-refractivity contribution in [2.75, 3.05) is 13.1 Å².